The zero-order valence-corrected chi connectivity index (χ0v) is 8.93. The number of carbonyl (C=O) groups excluding carboxylic acids is 2. The van der Waals surface area contributed by atoms with Crippen molar-refractivity contribution in [3.63, 3.8) is 0 Å². The van der Waals surface area contributed by atoms with E-state index in [1.807, 2.05) is 0 Å². The van der Waals surface area contributed by atoms with Gasteiger partial charge in [-0.25, -0.2) is 9.78 Å². The van der Waals surface area contributed by atoms with Gasteiger partial charge in [-0.1, -0.05) is 0 Å². The fraction of sp³-hybridized carbons (Fsp3) is 0.300. The number of pyridine rings is 1. The van der Waals surface area contributed by atoms with Gasteiger partial charge in [0.1, 0.15) is 0 Å². The van der Waals surface area contributed by atoms with E-state index in [-0.39, 0.29) is 18.2 Å². The summed E-state index contributed by atoms with van der Waals surface area (Å²) in [7, 11) is 2.67. The van der Waals surface area contributed by atoms with Gasteiger partial charge in [-0.15, -0.1) is 0 Å². The lowest BCUT2D eigenvalue weighted by molar-refractivity contribution is 0.0457. The van der Waals surface area contributed by atoms with Crippen LogP contribution in [0.3, 0.4) is 0 Å². The highest BCUT2D eigenvalue weighted by atomic mass is 16.7. The predicted octanol–water partition coefficient (Wildman–Crippen LogP) is 0.663. The van der Waals surface area contributed by atoms with Crippen molar-refractivity contribution < 1.29 is 23.8 Å². The Bertz CT molecular complexity index is 391. The smallest absolute Gasteiger partial charge is 0.360 e. The van der Waals surface area contributed by atoms with Gasteiger partial charge in [-0.05, 0) is 6.07 Å². The highest BCUT2D eigenvalue weighted by Crippen LogP contribution is 2.18. The van der Waals surface area contributed by atoms with E-state index in [0.29, 0.717) is 11.8 Å². The molecule has 16 heavy (non-hydrogen) atoms. The van der Waals surface area contributed by atoms with Crippen molar-refractivity contribution in [2.45, 2.75) is 0 Å². The largest absolute Gasteiger partial charge is 0.465 e. The molecule has 0 spiro atoms. The van der Waals surface area contributed by atoms with Crippen molar-refractivity contribution in [1.82, 2.24) is 4.98 Å². The lowest BCUT2D eigenvalue weighted by Gasteiger charge is -2.08. The first-order valence-electron chi connectivity index (χ1n) is 4.38. The Morgan fingerprint density at radius 3 is 2.81 bits per heavy atom. The van der Waals surface area contributed by atoms with Crippen LogP contribution in [-0.2, 0) is 9.47 Å². The third-order valence-electron chi connectivity index (χ3n) is 1.72. The van der Waals surface area contributed by atoms with E-state index in [2.05, 4.69) is 9.72 Å². The standard InChI is InChI=1S/C10H11NO5/c1-14-6-16-8-3-7(5-12)4-11-9(8)10(13)15-2/h3-5H,6H2,1-2H3. The summed E-state index contributed by atoms with van der Waals surface area (Å²) in [6.45, 7) is -0.0476. The van der Waals surface area contributed by atoms with Crippen LogP contribution in [0.2, 0.25) is 0 Å². The Labute approximate surface area is 92.1 Å². The molecule has 0 bridgehead atoms. The van der Waals surface area contributed by atoms with Gasteiger partial charge >= 0.3 is 5.97 Å². The van der Waals surface area contributed by atoms with E-state index in [1.165, 1.54) is 26.5 Å². The number of ether oxygens (including phenoxy) is 3. The molecule has 1 aromatic rings. The van der Waals surface area contributed by atoms with Crippen molar-refractivity contribution in [1.29, 1.82) is 0 Å². The lowest BCUT2D eigenvalue weighted by atomic mass is 10.2. The summed E-state index contributed by atoms with van der Waals surface area (Å²) in [5.74, 6) is -0.484. The van der Waals surface area contributed by atoms with Crippen molar-refractivity contribution >= 4 is 12.3 Å². The van der Waals surface area contributed by atoms with Gasteiger partial charge in [-0.3, -0.25) is 4.79 Å². The van der Waals surface area contributed by atoms with Crippen LogP contribution in [0.1, 0.15) is 20.8 Å². The maximum atomic E-state index is 11.3. The summed E-state index contributed by atoms with van der Waals surface area (Å²) >= 11 is 0. The Balaban J connectivity index is 3.05. The van der Waals surface area contributed by atoms with Crippen LogP contribution in [0.25, 0.3) is 0 Å². The summed E-state index contributed by atoms with van der Waals surface area (Å²) in [4.78, 5) is 25.6. The van der Waals surface area contributed by atoms with Crippen LogP contribution in [0.4, 0.5) is 0 Å². The molecule has 0 aromatic carbocycles. The molecule has 0 fully saturated rings. The molecule has 0 amide bonds. The summed E-state index contributed by atoms with van der Waals surface area (Å²) in [6, 6.07) is 1.39. The molecular weight excluding hydrogens is 214 g/mol. The third-order valence-corrected chi connectivity index (χ3v) is 1.72. The van der Waals surface area contributed by atoms with Crippen molar-refractivity contribution in [3.8, 4) is 5.75 Å². The average Bonchev–Trinajstić information content (AvgIpc) is 2.34. The zero-order valence-electron chi connectivity index (χ0n) is 8.93. The quantitative estimate of drug-likeness (QED) is 0.416. The summed E-state index contributed by atoms with van der Waals surface area (Å²) in [5.41, 5.74) is 0.309. The molecular formula is C10H11NO5. The summed E-state index contributed by atoms with van der Waals surface area (Å²) < 4.78 is 14.3. The number of hydrogen-bond donors (Lipinski definition) is 0. The first-order chi connectivity index (χ1) is 7.72. The van der Waals surface area contributed by atoms with Gasteiger partial charge < -0.3 is 14.2 Å². The second-order valence-electron chi connectivity index (χ2n) is 2.78. The number of esters is 1. The highest BCUT2D eigenvalue weighted by Gasteiger charge is 2.15. The molecule has 6 nitrogen and oxygen atoms in total. The van der Waals surface area contributed by atoms with Crippen LogP contribution in [0, 0.1) is 0 Å². The van der Waals surface area contributed by atoms with E-state index >= 15 is 0 Å². The summed E-state index contributed by atoms with van der Waals surface area (Å²) in [5, 5.41) is 0. The van der Waals surface area contributed by atoms with Crippen molar-refractivity contribution in [2.75, 3.05) is 21.0 Å². The highest BCUT2D eigenvalue weighted by molar-refractivity contribution is 5.91. The number of carbonyl (C=O) groups is 2. The molecule has 0 N–H and O–H groups in total. The van der Waals surface area contributed by atoms with Crippen LogP contribution in [-0.4, -0.2) is 38.3 Å². The number of hydrogen-bond acceptors (Lipinski definition) is 6. The third kappa shape index (κ3) is 2.77. The monoisotopic (exact) mass is 225 g/mol. The van der Waals surface area contributed by atoms with E-state index in [9.17, 15) is 9.59 Å². The van der Waals surface area contributed by atoms with Crippen LogP contribution in [0.15, 0.2) is 12.3 Å². The van der Waals surface area contributed by atoms with Crippen molar-refractivity contribution in [2.24, 2.45) is 0 Å². The molecule has 0 aliphatic rings. The molecule has 0 saturated heterocycles. The maximum absolute atomic E-state index is 11.3. The minimum Gasteiger partial charge on any atom is -0.465 e. The fourth-order valence-electron chi connectivity index (χ4n) is 1.01. The molecule has 86 valence electrons. The normalized spacial score (nSPS) is 9.62. The Morgan fingerprint density at radius 2 is 2.25 bits per heavy atom. The Kier molecular flexibility index (Phi) is 4.41. The van der Waals surface area contributed by atoms with Crippen LogP contribution >= 0.6 is 0 Å². The second-order valence-corrected chi connectivity index (χ2v) is 2.78. The number of methoxy groups -OCH3 is 2. The first kappa shape index (κ1) is 12.1. The number of aldehydes is 1. The minimum atomic E-state index is -0.636. The zero-order chi connectivity index (χ0) is 12.0. The average molecular weight is 225 g/mol. The molecule has 0 atom stereocenters. The predicted molar refractivity (Wildman–Crippen MR) is 53.5 cm³/mol. The van der Waals surface area contributed by atoms with E-state index in [1.54, 1.807) is 0 Å². The molecule has 6 heteroatoms. The van der Waals surface area contributed by atoms with Crippen LogP contribution in [0.5, 0.6) is 5.75 Å². The molecule has 0 unspecified atom stereocenters. The lowest BCUT2D eigenvalue weighted by Crippen LogP contribution is -2.10. The van der Waals surface area contributed by atoms with Gasteiger partial charge in [0.15, 0.2) is 24.5 Å². The molecule has 0 saturated carbocycles. The van der Waals surface area contributed by atoms with Gasteiger partial charge in [0.2, 0.25) is 0 Å². The first-order valence-corrected chi connectivity index (χ1v) is 4.38. The van der Waals surface area contributed by atoms with Gasteiger partial charge in [-0.2, -0.15) is 0 Å². The number of nitrogens with zero attached hydrogens (tertiary/aromatic N) is 1. The maximum Gasteiger partial charge on any atom is 0.360 e. The molecule has 1 rings (SSSR count). The molecule has 1 heterocycles. The number of rotatable bonds is 5. The van der Waals surface area contributed by atoms with Crippen LogP contribution < -0.4 is 4.74 Å². The molecule has 0 aliphatic carbocycles. The molecule has 0 radical (unpaired) electrons. The minimum absolute atomic E-state index is 0.00477. The SMILES string of the molecule is COCOc1cc(C=O)cnc1C(=O)OC. The Hall–Kier alpha value is -1.95. The van der Waals surface area contributed by atoms with Gasteiger partial charge in [0.25, 0.3) is 0 Å². The second kappa shape index (κ2) is 5.82. The molecule has 0 aliphatic heterocycles. The Morgan fingerprint density at radius 1 is 1.50 bits per heavy atom. The topological polar surface area (TPSA) is 74.7 Å². The van der Waals surface area contributed by atoms with E-state index in [0.717, 1.165) is 0 Å². The van der Waals surface area contributed by atoms with Gasteiger partial charge in [0.05, 0.1) is 7.11 Å². The van der Waals surface area contributed by atoms with E-state index in [4.69, 9.17) is 9.47 Å². The van der Waals surface area contributed by atoms with Crippen molar-refractivity contribution in [3.05, 3.63) is 23.5 Å². The fourth-order valence-corrected chi connectivity index (χ4v) is 1.01. The van der Waals surface area contributed by atoms with E-state index < -0.39 is 5.97 Å². The summed E-state index contributed by atoms with van der Waals surface area (Å²) in [6.07, 6.45) is 1.87. The number of aromatic nitrogens is 1. The van der Waals surface area contributed by atoms with Gasteiger partial charge in [0, 0.05) is 18.9 Å². The molecule has 1 aromatic heterocycles.